The van der Waals surface area contributed by atoms with Gasteiger partial charge in [0.05, 0.1) is 6.54 Å². The number of nitrogens with zero attached hydrogens (tertiary/aromatic N) is 3. The highest BCUT2D eigenvalue weighted by molar-refractivity contribution is 5.80. The standard InChI is InChI=1S/C19H26F3N5/c1-23-18(25-16-8-11-26(13-16)14-19(20,21)22)24-12-15-4-6-17(7-5-15)27-9-2-3-10-27/h2-7,16H,8-14H2,1H3,(H2,23,24,25). The van der Waals surface area contributed by atoms with E-state index in [2.05, 4.69) is 56.9 Å². The summed E-state index contributed by atoms with van der Waals surface area (Å²) in [6.45, 7) is 2.47. The van der Waals surface area contributed by atoms with Gasteiger partial charge in [-0.1, -0.05) is 24.3 Å². The van der Waals surface area contributed by atoms with Gasteiger partial charge in [0.15, 0.2) is 5.96 Å². The van der Waals surface area contributed by atoms with Gasteiger partial charge in [-0.25, -0.2) is 0 Å². The van der Waals surface area contributed by atoms with Crippen molar-refractivity contribution in [2.75, 3.05) is 44.7 Å². The van der Waals surface area contributed by atoms with E-state index in [0.29, 0.717) is 32.0 Å². The van der Waals surface area contributed by atoms with Crippen LogP contribution in [0.3, 0.4) is 0 Å². The van der Waals surface area contributed by atoms with Gasteiger partial charge in [0.1, 0.15) is 0 Å². The molecule has 1 aromatic rings. The third kappa shape index (κ3) is 5.89. The van der Waals surface area contributed by atoms with Gasteiger partial charge in [0.2, 0.25) is 0 Å². The number of benzene rings is 1. The Bertz CT molecular complexity index is 661. The largest absolute Gasteiger partial charge is 0.401 e. The molecule has 148 valence electrons. The van der Waals surface area contributed by atoms with Gasteiger partial charge in [0, 0.05) is 51.5 Å². The van der Waals surface area contributed by atoms with Crippen molar-refractivity contribution in [2.24, 2.45) is 4.99 Å². The third-order valence-corrected chi connectivity index (χ3v) is 4.82. The van der Waals surface area contributed by atoms with Crippen molar-refractivity contribution in [3.63, 3.8) is 0 Å². The van der Waals surface area contributed by atoms with Crippen LogP contribution in [0.15, 0.2) is 41.4 Å². The van der Waals surface area contributed by atoms with Crippen molar-refractivity contribution >= 4 is 11.6 Å². The van der Waals surface area contributed by atoms with Crippen LogP contribution in [0, 0.1) is 0 Å². The second-order valence-electron chi connectivity index (χ2n) is 6.95. The molecule has 0 radical (unpaired) electrons. The fourth-order valence-corrected chi connectivity index (χ4v) is 3.43. The molecule has 1 unspecified atom stereocenters. The molecule has 0 saturated carbocycles. The summed E-state index contributed by atoms with van der Waals surface area (Å²) in [5, 5.41) is 6.46. The number of hydrogen-bond donors (Lipinski definition) is 2. The summed E-state index contributed by atoms with van der Waals surface area (Å²) in [4.78, 5) is 7.89. The minimum absolute atomic E-state index is 0.0245. The Hall–Kier alpha value is -2.22. The van der Waals surface area contributed by atoms with Crippen LogP contribution in [0.2, 0.25) is 0 Å². The summed E-state index contributed by atoms with van der Waals surface area (Å²) in [5.41, 5.74) is 2.32. The summed E-state index contributed by atoms with van der Waals surface area (Å²) in [6.07, 6.45) is 0.843. The van der Waals surface area contributed by atoms with Gasteiger partial charge < -0.3 is 15.5 Å². The van der Waals surface area contributed by atoms with E-state index in [1.807, 2.05) is 0 Å². The lowest BCUT2D eigenvalue weighted by atomic mass is 10.2. The summed E-state index contributed by atoms with van der Waals surface area (Å²) < 4.78 is 37.5. The van der Waals surface area contributed by atoms with Gasteiger partial charge in [0.25, 0.3) is 0 Å². The lowest BCUT2D eigenvalue weighted by Gasteiger charge is -2.20. The van der Waals surface area contributed by atoms with Crippen molar-refractivity contribution < 1.29 is 13.2 Å². The van der Waals surface area contributed by atoms with E-state index < -0.39 is 12.7 Å². The second kappa shape index (κ2) is 8.65. The number of guanidine groups is 1. The Morgan fingerprint density at radius 1 is 1.19 bits per heavy atom. The topological polar surface area (TPSA) is 42.9 Å². The van der Waals surface area contributed by atoms with Crippen molar-refractivity contribution in [1.29, 1.82) is 0 Å². The summed E-state index contributed by atoms with van der Waals surface area (Å²) in [7, 11) is 1.67. The van der Waals surface area contributed by atoms with E-state index in [1.165, 1.54) is 10.6 Å². The van der Waals surface area contributed by atoms with E-state index in [0.717, 1.165) is 18.7 Å². The highest BCUT2D eigenvalue weighted by Crippen LogP contribution is 2.20. The number of aliphatic imine (C=N–C) groups is 1. The zero-order valence-corrected chi connectivity index (χ0v) is 15.5. The summed E-state index contributed by atoms with van der Waals surface area (Å²) in [5.74, 6) is 0.613. The Morgan fingerprint density at radius 3 is 2.52 bits per heavy atom. The van der Waals surface area contributed by atoms with Crippen LogP contribution in [0.5, 0.6) is 0 Å². The number of hydrogen-bond acceptors (Lipinski definition) is 3. The first-order valence-corrected chi connectivity index (χ1v) is 9.18. The van der Waals surface area contributed by atoms with E-state index >= 15 is 0 Å². The van der Waals surface area contributed by atoms with Gasteiger partial charge in [-0.3, -0.25) is 9.89 Å². The Morgan fingerprint density at radius 2 is 1.89 bits per heavy atom. The molecule has 8 heteroatoms. The van der Waals surface area contributed by atoms with Crippen molar-refractivity contribution in [2.45, 2.75) is 25.2 Å². The van der Waals surface area contributed by atoms with E-state index in [1.54, 1.807) is 7.05 Å². The van der Waals surface area contributed by atoms with Crippen LogP contribution in [0.4, 0.5) is 18.9 Å². The number of likely N-dealkylation sites (tertiary alicyclic amines) is 1. The van der Waals surface area contributed by atoms with Gasteiger partial charge in [-0.05, 0) is 24.1 Å². The number of nitrogens with one attached hydrogen (secondary N) is 2. The maximum Gasteiger partial charge on any atom is 0.401 e. The first-order chi connectivity index (χ1) is 12.9. The lowest BCUT2D eigenvalue weighted by Crippen LogP contribution is -2.44. The SMILES string of the molecule is CN=C(NCc1ccc(N2CC=CC2)cc1)NC1CCN(CC(F)(F)F)C1. The minimum Gasteiger partial charge on any atom is -0.364 e. The molecule has 2 N–H and O–H groups in total. The zero-order chi connectivity index (χ0) is 19.3. The van der Waals surface area contributed by atoms with Crippen LogP contribution in [0.1, 0.15) is 12.0 Å². The highest BCUT2D eigenvalue weighted by Gasteiger charge is 2.34. The van der Waals surface area contributed by atoms with Crippen LogP contribution in [-0.2, 0) is 6.54 Å². The molecule has 0 bridgehead atoms. The fraction of sp³-hybridized carbons (Fsp3) is 0.526. The first kappa shape index (κ1) is 19.5. The number of rotatable bonds is 5. The normalized spacial score (nSPS) is 21.1. The van der Waals surface area contributed by atoms with Crippen LogP contribution < -0.4 is 15.5 Å². The molecular weight excluding hydrogens is 355 g/mol. The summed E-state index contributed by atoms with van der Waals surface area (Å²) in [6, 6.07) is 8.34. The molecule has 2 aliphatic rings. The molecule has 2 heterocycles. The predicted octanol–water partition coefficient (Wildman–Crippen LogP) is 2.36. The third-order valence-electron chi connectivity index (χ3n) is 4.82. The quantitative estimate of drug-likeness (QED) is 0.467. The van der Waals surface area contributed by atoms with Crippen molar-refractivity contribution in [3.05, 3.63) is 42.0 Å². The molecule has 1 aromatic carbocycles. The predicted molar refractivity (Wildman–Crippen MR) is 102 cm³/mol. The average molecular weight is 381 g/mol. The molecule has 0 aromatic heterocycles. The van der Waals surface area contributed by atoms with Crippen molar-refractivity contribution in [3.8, 4) is 0 Å². The molecule has 0 aliphatic carbocycles. The van der Waals surface area contributed by atoms with Crippen LogP contribution in [0.25, 0.3) is 0 Å². The molecule has 1 saturated heterocycles. The molecule has 27 heavy (non-hydrogen) atoms. The highest BCUT2D eigenvalue weighted by atomic mass is 19.4. The minimum atomic E-state index is -4.15. The monoisotopic (exact) mass is 381 g/mol. The molecule has 3 rings (SSSR count). The smallest absolute Gasteiger partial charge is 0.364 e. The summed E-state index contributed by atoms with van der Waals surface area (Å²) >= 11 is 0. The second-order valence-corrected chi connectivity index (χ2v) is 6.95. The Kier molecular flexibility index (Phi) is 6.26. The zero-order valence-electron chi connectivity index (χ0n) is 15.5. The van der Waals surface area contributed by atoms with E-state index in [4.69, 9.17) is 0 Å². The molecule has 1 fully saturated rings. The molecule has 5 nitrogen and oxygen atoms in total. The number of halogens is 3. The van der Waals surface area contributed by atoms with Gasteiger partial charge in [-0.15, -0.1) is 0 Å². The number of anilines is 1. The van der Waals surface area contributed by atoms with Crippen LogP contribution in [-0.4, -0.2) is 62.8 Å². The number of alkyl halides is 3. The fourth-order valence-electron chi connectivity index (χ4n) is 3.43. The Labute approximate surface area is 157 Å². The maximum absolute atomic E-state index is 12.5. The van der Waals surface area contributed by atoms with Crippen LogP contribution >= 0.6 is 0 Å². The van der Waals surface area contributed by atoms with Gasteiger partial charge in [-0.2, -0.15) is 13.2 Å². The van der Waals surface area contributed by atoms with E-state index in [-0.39, 0.29) is 6.04 Å². The van der Waals surface area contributed by atoms with E-state index in [9.17, 15) is 13.2 Å². The van der Waals surface area contributed by atoms with Crippen molar-refractivity contribution in [1.82, 2.24) is 15.5 Å². The first-order valence-electron chi connectivity index (χ1n) is 9.18. The Balaban J connectivity index is 1.44. The lowest BCUT2D eigenvalue weighted by molar-refractivity contribution is -0.143. The van der Waals surface area contributed by atoms with Gasteiger partial charge >= 0.3 is 6.18 Å². The molecule has 0 spiro atoms. The molecule has 2 aliphatic heterocycles. The molecule has 0 amide bonds. The molecule has 1 atom stereocenters. The molecular formula is C19H26F3N5. The maximum atomic E-state index is 12.5. The average Bonchev–Trinajstić information content (AvgIpc) is 3.30.